The van der Waals surface area contributed by atoms with Crippen molar-refractivity contribution in [2.24, 2.45) is 0 Å². The van der Waals surface area contributed by atoms with Crippen LogP contribution in [0, 0.1) is 0 Å². The number of nitrogens with two attached hydrogens (primary N) is 4. The van der Waals surface area contributed by atoms with Crippen LogP contribution in [0.2, 0.25) is 0 Å². The Morgan fingerprint density at radius 2 is 0.919 bits per heavy atom. The number of carboxylic acid groups (broad SMARTS) is 6. The van der Waals surface area contributed by atoms with E-state index < -0.39 is 131 Å². The number of carbonyl (C=O) groups is 10. The van der Waals surface area contributed by atoms with Gasteiger partial charge in [0.15, 0.2) is 6.23 Å². The zero-order valence-corrected chi connectivity index (χ0v) is 41.6. The first-order valence-corrected chi connectivity index (χ1v) is 28.5. The predicted molar refractivity (Wildman–Crippen MR) is 223 cm³/mol. The van der Waals surface area contributed by atoms with Crippen molar-refractivity contribution in [3.8, 4) is 0 Å². The maximum absolute atomic E-state index is 12.2. The van der Waals surface area contributed by atoms with Crippen LogP contribution in [-0.2, 0) is 80.8 Å². The van der Waals surface area contributed by atoms with Gasteiger partial charge in [-0.2, -0.15) is 0 Å². The van der Waals surface area contributed by atoms with Gasteiger partial charge in [0, 0.05) is 38.6 Å². The van der Waals surface area contributed by atoms with Crippen LogP contribution in [0.1, 0.15) is 123 Å². The molecular formula is C32H61Cl4N7O17Pt2. The SMILES string of the molecule is CCCCCC(=O)O.CCCCCC(=O)O.O=CO[C@H](CCC(=O)O)NC(=O)N[C@@H](CCCCN(C(=O)CCC(=O)O)C(=O)CCC(=O)O)C(=O)O.[Cl][Pt+2][Cl].[Cl][Pt+2][Cl].[NH2-].[NH2-].[NH2-].[NH2-]. The van der Waals surface area contributed by atoms with Gasteiger partial charge in [0.1, 0.15) is 6.04 Å². The van der Waals surface area contributed by atoms with Crippen LogP contribution < -0.4 is 10.6 Å². The molecule has 0 rings (SSSR count). The first kappa shape index (κ1) is 79.5. The molecule has 0 bridgehead atoms. The quantitative estimate of drug-likeness (QED) is 0.0218. The van der Waals surface area contributed by atoms with Crippen LogP contribution >= 0.6 is 37.7 Å². The number of unbranched alkanes of at least 4 members (excludes halogenated alkanes) is 5. The van der Waals surface area contributed by atoms with Gasteiger partial charge in [0.25, 0.3) is 6.47 Å². The number of nitrogens with one attached hydrogen (secondary N) is 2. The predicted octanol–water partition coefficient (Wildman–Crippen LogP) is 8.28. The Morgan fingerprint density at radius 1 is 0.548 bits per heavy atom. The standard InChI is InChI=1S/C20H29N3O13.2C6H12O2.4ClH.4H2N.2Pt/c24-11-36-13(4-7-16(27)28)22-20(35)21-12(19(33)34)3-1-2-10-23(14(25)5-8-17(29)30)15(26)6-9-18(31)32;2*1-2-3-4-5-6(7)8;;;;;;;;;;/h11-13H,1-10H2,(H,27,28)(H,29,30)(H,31,32)(H,33,34)(H2,21,22,35);2*2-5H2,1H3,(H,7,8);4*1H;4*1H2;;/q;;;;;;;4*-1;2*+4/p-4/t12-,13+;;;;;;;;;;;;/m0............/s1. The molecule has 0 aliphatic heterocycles. The molecular weight excluding hydrogens is 1290 g/mol. The number of carboxylic acids is 6. The molecule has 0 unspecified atom stereocenters. The Hall–Kier alpha value is -2.92. The first-order chi connectivity index (χ1) is 27.2. The number of rotatable bonds is 27. The number of ether oxygens (including phenoxy) is 1. The van der Waals surface area contributed by atoms with E-state index >= 15 is 0 Å². The Morgan fingerprint density at radius 3 is 1.23 bits per heavy atom. The molecule has 0 aromatic rings. The van der Waals surface area contributed by atoms with Crippen molar-refractivity contribution in [1.29, 1.82) is 0 Å². The zero-order chi connectivity index (χ0) is 45.9. The number of hydrogen-bond acceptors (Lipinski definition) is 11. The number of imide groups is 1. The van der Waals surface area contributed by atoms with Crippen LogP contribution in [-0.4, -0.2) is 114 Å². The molecule has 374 valence electrons. The Balaban J connectivity index is -0.000000127. The molecule has 0 aromatic heterocycles. The molecule has 0 saturated carbocycles. The largest absolute Gasteiger partial charge is 0.693 e. The van der Waals surface area contributed by atoms with Crippen molar-refractivity contribution in [3.05, 3.63) is 24.6 Å². The summed E-state index contributed by atoms with van der Waals surface area (Å²) in [5.41, 5.74) is 0. The fourth-order valence-electron chi connectivity index (χ4n) is 3.86. The topological polar surface area (TPSA) is 463 Å². The Kier molecular flexibility index (Phi) is 74.4. The Bertz CT molecular complexity index is 1170. The molecule has 4 amide bonds. The monoisotopic (exact) mass is 1350 g/mol. The van der Waals surface area contributed by atoms with Gasteiger partial charge in [-0.05, 0) is 32.1 Å². The molecule has 0 aliphatic carbocycles. The van der Waals surface area contributed by atoms with E-state index in [9.17, 15) is 53.1 Å². The molecule has 0 aromatic carbocycles. The fraction of sp³-hybridized carbons (Fsp3) is 0.688. The Labute approximate surface area is 393 Å². The molecule has 0 saturated heterocycles. The second-order valence-electron chi connectivity index (χ2n) is 11.2. The molecule has 0 radical (unpaired) electrons. The van der Waals surface area contributed by atoms with E-state index in [1.807, 2.05) is 0 Å². The van der Waals surface area contributed by atoms with Crippen molar-refractivity contribution in [2.75, 3.05) is 6.54 Å². The van der Waals surface area contributed by atoms with E-state index in [4.69, 9.17) is 63.2 Å². The smallest absolute Gasteiger partial charge is 0.693 e. The van der Waals surface area contributed by atoms with Crippen LogP contribution in [0.4, 0.5) is 4.79 Å². The fourth-order valence-corrected chi connectivity index (χ4v) is 3.86. The summed E-state index contributed by atoms with van der Waals surface area (Å²) in [7, 11) is 19.5. The third-order valence-corrected chi connectivity index (χ3v) is 6.56. The average molecular weight is 1350 g/mol. The van der Waals surface area contributed by atoms with Crippen molar-refractivity contribution >= 4 is 97.8 Å². The van der Waals surface area contributed by atoms with Crippen molar-refractivity contribution < 1.29 is 116 Å². The minimum absolute atomic E-state index is 0. The molecule has 2 atom stereocenters. The maximum atomic E-state index is 12.2. The van der Waals surface area contributed by atoms with Gasteiger partial charge in [-0.3, -0.25) is 43.3 Å². The molecule has 0 fully saturated rings. The van der Waals surface area contributed by atoms with Gasteiger partial charge in [-0.15, -0.1) is 0 Å². The van der Waals surface area contributed by atoms with Crippen LogP contribution in [0.25, 0.3) is 24.6 Å². The summed E-state index contributed by atoms with van der Waals surface area (Å²) < 4.78 is 4.54. The third-order valence-electron chi connectivity index (χ3n) is 6.56. The van der Waals surface area contributed by atoms with Gasteiger partial charge in [-0.1, -0.05) is 39.5 Å². The van der Waals surface area contributed by atoms with Gasteiger partial charge >= 0.3 is 112 Å². The summed E-state index contributed by atoms with van der Waals surface area (Å²) in [5, 5.41) is 56.0. The summed E-state index contributed by atoms with van der Waals surface area (Å²) in [5.74, 6) is -8.16. The van der Waals surface area contributed by atoms with E-state index in [0.29, 0.717) is 12.8 Å². The normalized spacial score (nSPS) is 9.97. The zero-order valence-electron chi connectivity index (χ0n) is 34.0. The number of urea groups is 1. The van der Waals surface area contributed by atoms with E-state index in [1.165, 1.54) is 0 Å². The van der Waals surface area contributed by atoms with Crippen LogP contribution in [0.15, 0.2) is 0 Å². The van der Waals surface area contributed by atoms with E-state index in [-0.39, 0.29) is 63.3 Å². The van der Waals surface area contributed by atoms with Gasteiger partial charge in [0.2, 0.25) is 11.8 Å². The first-order valence-electron chi connectivity index (χ1n) is 17.2. The molecule has 0 aliphatic rings. The number of halogens is 4. The number of aliphatic carboxylic acids is 6. The van der Waals surface area contributed by atoms with Crippen LogP contribution in [0.5, 0.6) is 0 Å². The number of nitrogens with zero attached hydrogens (tertiary/aromatic N) is 1. The number of hydrogen-bond donors (Lipinski definition) is 8. The minimum atomic E-state index is -1.43. The summed E-state index contributed by atoms with van der Waals surface area (Å²) in [6.07, 6.45) is 2.49. The van der Waals surface area contributed by atoms with Gasteiger partial charge in [-0.25, -0.2) is 9.59 Å². The van der Waals surface area contributed by atoms with E-state index in [1.54, 1.807) is 0 Å². The van der Waals surface area contributed by atoms with E-state index in [2.05, 4.69) is 29.2 Å². The minimum Gasteiger partial charge on any atom is -0.693 e. The average Bonchev–Trinajstić information content (AvgIpc) is 3.12. The summed E-state index contributed by atoms with van der Waals surface area (Å²) in [6.45, 7) is 3.88. The summed E-state index contributed by atoms with van der Waals surface area (Å²) in [6, 6.07) is -2.48. The number of carbonyl (C=O) groups excluding carboxylic acids is 4. The summed E-state index contributed by atoms with van der Waals surface area (Å²) >= 11 is -0.944. The number of amides is 4. The molecule has 30 heteroatoms. The van der Waals surface area contributed by atoms with Gasteiger partial charge in [0.05, 0.1) is 19.3 Å². The molecule has 0 heterocycles. The maximum Gasteiger partial charge on any atom is -0.693 e. The van der Waals surface area contributed by atoms with Crippen LogP contribution in [0.3, 0.4) is 0 Å². The third kappa shape index (κ3) is 66.2. The van der Waals surface area contributed by atoms with Crippen molar-refractivity contribution in [3.63, 3.8) is 0 Å². The molecule has 0 spiro atoms. The second kappa shape index (κ2) is 58.1. The molecule has 62 heavy (non-hydrogen) atoms. The molecule has 24 nitrogen and oxygen atoms in total. The summed E-state index contributed by atoms with van der Waals surface area (Å²) in [4.78, 5) is 111. The van der Waals surface area contributed by atoms with Gasteiger partial charge < -0.3 is 70.6 Å². The van der Waals surface area contributed by atoms with Crippen molar-refractivity contribution in [2.45, 2.75) is 135 Å². The second-order valence-corrected chi connectivity index (χ2v) is 17.7. The molecule has 16 N–H and O–H groups in total. The van der Waals surface area contributed by atoms with E-state index in [0.717, 1.165) is 43.4 Å². The van der Waals surface area contributed by atoms with Crippen molar-refractivity contribution in [1.82, 2.24) is 15.5 Å².